The van der Waals surface area contributed by atoms with Gasteiger partial charge in [0.05, 0.1) is 11.3 Å². The van der Waals surface area contributed by atoms with Gasteiger partial charge in [-0.2, -0.15) is 0 Å². The number of carboxylic acids is 1. The molecule has 3 rings (SSSR count). The van der Waals surface area contributed by atoms with Gasteiger partial charge in [-0.05, 0) is 49.8 Å². The lowest BCUT2D eigenvalue weighted by atomic mass is 9.77. The number of carbonyl (C=O) groups is 2. The van der Waals surface area contributed by atoms with Crippen LogP contribution in [-0.4, -0.2) is 23.0 Å². The van der Waals surface area contributed by atoms with Crippen LogP contribution < -0.4 is 5.32 Å². The average Bonchev–Trinajstić information content (AvgIpc) is 3.17. The van der Waals surface area contributed by atoms with E-state index in [1.807, 2.05) is 0 Å². The molecule has 2 fully saturated rings. The Labute approximate surface area is 135 Å². The summed E-state index contributed by atoms with van der Waals surface area (Å²) < 4.78 is 13.2. The summed E-state index contributed by atoms with van der Waals surface area (Å²) >= 11 is 0. The van der Waals surface area contributed by atoms with Gasteiger partial charge in [0.25, 0.3) is 0 Å². The monoisotopic (exact) mass is 319 g/mol. The number of rotatable bonds is 4. The molecule has 1 aromatic carbocycles. The number of carbonyl (C=O) groups excluding carboxylic acids is 1. The minimum Gasteiger partial charge on any atom is -0.481 e. The van der Waals surface area contributed by atoms with Crippen LogP contribution >= 0.6 is 0 Å². The zero-order chi connectivity index (χ0) is 16.4. The number of carboxylic acid groups (broad SMARTS) is 1. The van der Waals surface area contributed by atoms with Gasteiger partial charge in [0.15, 0.2) is 0 Å². The number of halogens is 1. The Morgan fingerprint density at radius 3 is 2.35 bits per heavy atom. The van der Waals surface area contributed by atoms with E-state index in [1.54, 1.807) is 12.1 Å². The molecular weight excluding hydrogens is 297 g/mol. The van der Waals surface area contributed by atoms with E-state index in [1.165, 1.54) is 12.1 Å². The predicted molar refractivity (Wildman–Crippen MR) is 83.5 cm³/mol. The van der Waals surface area contributed by atoms with Crippen LogP contribution in [0.5, 0.6) is 0 Å². The lowest BCUT2D eigenvalue weighted by Gasteiger charge is -2.30. The van der Waals surface area contributed by atoms with E-state index >= 15 is 0 Å². The molecule has 2 saturated carbocycles. The van der Waals surface area contributed by atoms with Crippen molar-refractivity contribution >= 4 is 11.9 Å². The highest BCUT2D eigenvalue weighted by atomic mass is 19.1. The second-order valence-corrected chi connectivity index (χ2v) is 6.81. The molecule has 124 valence electrons. The molecule has 0 heterocycles. The van der Waals surface area contributed by atoms with E-state index < -0.39 is 11.4 Å². The van der Waals surface area contributed by atoms with Gasteiger partial charge in [-0.3, -0.25) is 9.59 Å². The number of hydrogen-bond donors (Lipinski definition) is 2. The molecule has 1 aromatic rings. The standard InChI is InChI=1S/C18H22FNO3/c19-14-6-4-13(5-7-14)18(9-1-2-10-18)17(23)20-15-8-3-12(11-15)16(21)22/h4-7,12,15H,1-3,8-11H2,(H,20,23)(H,21,22)/t12-,15+/m1/s1. The maximum absolute atomic E-state index is 13.2. The first-order valence-electron chi connectivity index (χ1n) is 8.31. The third kappa shape index (κ3) is 3.09. The van der Waals surface area contributed by atoms with Gasteiger partial charge in [-0.1, -0.05) is 25.0 Å². The summed E-state index contributed by atoms with van der Waals surface area (Å²) in [6.45, 7) is 0. The van der Waals surface area contributed by atoms with Crippen molar-refractivity contribution < 1.29 is 19.1 Å². The van der Waals surface area contributed by atoms with E-state index in [2.05, 4.69) is 5.32 Å². The predicted octanol–water partition coefficient (Wildman–Crippen LogP) is 3.01. The third-order valence-electron chi connectivity index (χ3n) is 5.41. The maximum Gasteiger partial charge on any atom is 0.306 e. The topological polar surface area (TPSA) is 66.4 Å². The first-order valence-corrected chi connectivity index (χ1v) is 8.31. The molecule has 2 N–H and O–H groups in total. The molecule has 23 heavy (non-hydrogen) atoms. The fraction of sp³-hybridized carbons (Fsp3) is 0.556. The quantitative estimate of drug-likeness (QED) is 0.896. The van der Waals surface area contributed by atoms with Crippen LogP contribution in [0.25, 0.3) is 0 Å². The normalized spacial score (nSPS) is 26.1. The van der Waals surface area contributed by atoms with Crippen LogP contribution in [-0.2, 0) is 15.0 Å². The van der Waals surface area contributed by atoms with Gasteiger partial charge in [-0.25, -0.2) is 4.39 Å². The minimum atomic E-state index is -0.782. The summed E-state index contributed by atoms with van der Waals surface area (Å²) in [5.74, 6) is -1.47. The van der Waals surface area contributed by atoms with Crippen molar-refractivity contribution in [3.63, 3.8) is 0 Å². The highest BCUT2D eigenvalue weighted by molar-refractivity contribution is 5.89. The Hall–Kier alpha value is -1.91. The molecule has 0 unspecified atom stereocenters. The smallest absolute Gasteiger partial charge is 0.306 e. The molecule has 0 aliphatic heterocycles. The summed E-state index contributed by atoms with van der Waals surface area (Å²) in [5.41, 5.74) is 0.274. The summed E-state index contributed by atoms with van der Waals surface area (Å²) in [7, 11) is 0. The van der Waals surface area contributed by atoms with Crippen molar-refractivity contribution in [2.75, 3.05) is 0 Å². The molecule has 2 aliphatic rings. The van der Waals surface area contributed by atoms with Gasteiger partial charge in [0.2, 0.25) is 5.91 Å². The summed E-state index contributed by atoms with van der Waals surface area (Å²) in [6, 6.07) is 6.14. The Bertz CT molecular complexity index is 593. The van der Waals surface area contributed by atoms with Crippen LogP contribution in [0, 0.1) is 11.7 Å². The lowest BCUT2D eigenvalue weighted by Crippen LogP contribution is -2.46. The number of nitrogens with one attached hydrogen (secondary N) is 1. The fourth-order valence-electron chi connectivity index (χ4n) is 4.05. The van der Waals surface area contributed by atoms with E-state index in [4.69, 9.17) is 5.11 Å². The van der Waals surface area contributed by atoms with Gasteiger partial charge < -0.3 is 10.4 Å². The maximum atomic E-state index is 13.2. The molecule has 0 saturated heterocycles. The molecule has 5 heteroatoms. The van der Waals surface area contributed by atoms with Crippen molar-refractivity contribution in [1.29, 1.82) is 0 Å². The second-order valence-electron chi connectivity index (χ2n) is 6.81. The molecule has 0 spiro atoms. The summed E-state index contributed by atoms with van der Waals surface area (Å²) in [4.78, 5) is 24.0. The Morgan fingerprint density at radius 1 is 1.13 bits per heavy atom. The highest BCUT2D eigenvalue weighted by Gasteiger charge is 2.44. The van der Waals surface area contributed by atoms with Crippen LogP contribution in [0.1, 0.15) is 50.5 Å². The minimum absolute atomic E-state index is 0.0300. The number of benzene rings is 1. The average molecular weight is 319 g/mol. The van der Waals surface area contributed by atoms with Gasteiger partial charge in [0.1, 0.15) is 5.82 Å². The van der Waals surface area contributed by atoms with Crippen molar-refractivity contribution in [3.05, 3.63) is 35.6 Å². The number of aliphatic carboxylic acids is 1. The molecule has 1 amide bonds. The van der Waals surface area contributed by atoms with E-state index in [0.29, 0.717) is 19.3 Å². The van der Waals surface area contributed by atoms with Crippen LogP contribution in [0.3, 0.4) is 0 Å². The molecular formula is C18H22FNO3. The Morgan fingerprint density at radius 2 is 1.78 bits per heavy atom. The van der Waals surface area contributed by atoms with Gasteiger partial charge >= 0.3 is 5.97 Å². The Balaban J connectivity index is 1.75. The molecule has 0 radical (unpaired) electrons. The first kappa shape index (κ1) is 16.0. The third-order valence-corrected chi connectivity index (χ3v) is 5.41. The number of amides is 1. The molecule has 2 aliphatic carbocycles. The van der Waals surface area contributed by atoms with Gasteiger partial charge in [0, 0.05) is 6.04 Å². The van der Waals surface area contributed by atoms with Crippen molar-refractivity contribution in [3.8, 4) is 0 Å². The van der Waals surface area contributed by atoms with Gasteiger partial charge in [-0.15, -0.1) is 0 Å². The molecule has 0 aromatic heterocycles. The molecule has 2 atom stereocenters. The Kier molecular flexibility index (Phi) is 4.37. The second kappa shape index (κ2) is 6.30. The highest BCUT2D eigenvalue weighted by Crippen LogP contribution is 2.42. The zero-order valence-electron chi connectivity index (χ0n) is 13.1. The molecule has 0 bridgehead atoms. The lowest BCUT2D eigenvalue weighted by molar-refractivity contribution is -0.141. The first-order chi connectivity index (χ1) is 11.0. The van der Waals surface area contributed by atoms with Crippen LogP contribution in [0.2, 0.25) is 0 Å². The summed E-state index contributed by atoms with van der Waals surface area (Å²) in [6.07, 6.45) is 5.31. The van der Waals surface area contributed by atoms with Crippen LogP contribution in [0.4, 0.5) is 4.39 Å². The number of hydrogen-bond acceptors (Lipinski definition) is 2. The largest absolute Gasteiger partial charge is 0.481 e. The zero-order valence-corrected chi connectivity index (χ0v) is 13.1. The van der Waals surface area contributed by atoms with Crippen molar-refractivity contribution in [1.82, 2.24) is 5.32 Å². The van der Waals surface area contributed by atoms with E-state index in [9.17, 15) is 14.0 Å². The van der Waals surface area contributed by atoms with E-state index in [0.717, 1.165) is 31.2 Å². The SMILES string of the molecule is O=C(O)[C@@H]1CC[C@H](NC(=O)C2(c3ccc(F)cc3)CCCC2)C1. The molecule has 4 nitrogen and oxygen atoms in total. The van der Waals surface area contributed by atoms with Crippen LogP contribution in [0.15, 0.2) is 24.3 Å². The van der Waals surface area contributed by atoms with E-state index in [-0.39, 0.29) is 23.7 Å². The van der Waals surface area contributed by atoms with Crippen molar-refractivity contribution in [2.24, 2.45) is 5.92 Å². The van der Waals surface area contributed by atoms with Crippen molar-refractivity contribution in [2.45, 2.75) is 56.4 Å². The summed E-state index contributed by atoms with van der Waals surface area (Å²) in [5, 5.41) is 12.1. The fourth-order valence-corrected chi connectivity index (χ4v) is 4.05.